The van der Waals surface area contributed by atoms with Gasteiger partial charge in [-0.05, 0) is 16.9 Å². The van der Waals surface area contributed by atoms with Crippen molar-refractivity contribution in [3.63, 3.8) is 0 Å². The molecule has 150 valence electrons. The van der Waals surface area contributed by atoms with E-state index in [-0.39, 0.29) is 24.5 Å². The summed E-state index contributed by atoms with van der Waals surface area (Å²) in [5.74, 6) is -10.5. The van der Waals surface area contributed by atoms with Crippen molar-refractivity contribution in [2.45, 2.75) is 63.6 Å². The zero-order valence-corrected chi connectivity index (χ0v) is 15.6. The fraction of sp³-hybridized carbons (Fsp3) is 0.625. The molecule has 3 nitrogen and oxygen atoms in total. The Morgan fingerprint density at radius 1 is 0.885 bits per heavy atom. The Balaban J connectivity index is 2.84. The van der Waals surface area contributed by atoms with Gasteiger partial charge < -0.3 is 4.89 Å². The van der Waals surface area contributed by atoms with E-state index >= 15 is 0 Å². The Morgan fingerprint density at radius 3 is 1.73 bits per heavy atom. The molecule has 10 heteroatoms. The minimum Gasteiger partial charge on any atom is -0.307 e. The van der Waals surface area contributed by atoms with E-state index in [9.17, 15) is 26.3 Å². The van der Waals surface area contributed by atoms with E-state index in [0.29, 0.717) is 11.1 Å². The summed E-state index contributed by atoms with van der Waals surface area (Å²) in [5.41, 5.74) is 1.34. The topological polar surface area (TPSA) is 27.7 Å². The molecule has 0 spiro atoms. The monoisotopic (exact) mass is 406 g/mol. The third-order valence-corrected chi connectivity index (χ3v) is 4.11. The van der Waals surface area contributed by atoms with Crippen LogP contribution in [-0.2, 0) is 9.37 Å². The molecule has 26 heavy (non-hydrogen) atoms. The fourth-order valence-corrected chi connectivity index (χ4v) is 2.42. The third kappa shape index (κ3) is 4.98. The van der Waals surface area contributed by atoms with Crippen molar-refractivity contribution in [1.29, 1.82) is 0 Å². The summed E-state index contributed by atoms with van der Waals surface area (Å²) in [5, 5.41) is -1.09. The van der Waals surface area contributed by atoms with E-state index in [0.717, 1.165) is 0 Å². The maximum atomic E-state index is 13.3. The summed E-state index contributed by atoms with van der Waals surface area (Å²) in [6, 6.07) is 5.19. The second kappa shape index (κ2) is 8.26. The Kier molecular flexibility index (Phi) is 7.28. The van der Waals surface area contributed by atoms with Gasteiger partial charge in [0.1, 0.15) is 12.0 Å². The minimum absolute atomic E-state index is 0.0236. The van der Waals surface area contributed by atoms with Gasteiger partial charge in [0.25, 0.3) is 0 Å². The largest absolute Gasteiger partial charge is 0.389 e. The van der Waals surface area contributed by atoms with Crippen LogP contribution in [0.25, 0.3) is 0 Å². The molecule has 0 bridgehead atoms. The maximum absolute atomic E-state index is 13.3. The molecule has 0 aliphatic heterocycles. The van der Waals surface area contributed by atoms with E-state index in [1.165, 1.54) is 0 Å². The van der Waals surface area contributed by atoms with Crippen molar-refractivity contribution in [3.8, 4) is 5.75 Å². The summed E-state index contributed by atoms with van der Waals surface area (Å²) in [6.45, 7) is 7.08. The van der Waals surface area contributed by atoms with Gasteiger partial charge in [0, 0.05) is 18.1 Å². The minimum atomic E-state index is -5.65. The number of benzene rings is 1. The lowest BCUT2D eigenvalue weighted by molar-refractivity contribution is -0.407. The normalized spacial score (nSPS) is 13.6. The fourth-order valence-electron chi connectivity index (χ4n) is 1.99. The number of rotatable bonds is 9. The number of alkyl halides is 6. The number of halogens is 6. The molecule has 0 saturated carbocycles. The Hall–Kier alpha value is -1.13. The van der Waals surface area contributed by atoms with Gasteiger partial charge >= 0.3 is 17.1 Å². The highest BCUT2D eigenvalue weighted by Gasteiger charge is 2.70. The standard InChI is InChI=1S/C16H20F6O3S/c1-9(2)11-7-6-8-12(10(3)4)13(11)23-24-25-26-16(21,22)15(19,20)14(5,17)18/h6-10H,1-5H3. The van der Waals surface area contributed by atoms with Gasteiger partial charge in [0.2, 0.25) is 0 Å². The van der Waals surface area contributed by atoms with Crippen LogP contribution in [0.4, 0.5) is 26.3 Å². The maximum Gasteiger partial charge on any atom is 0.389 e. The zero-order valence-electron chi connectivity index (χ0n) is 14.8. The van der Waals surface area contributed by atoms with Gasteiger partial charge in [-0.3, -0.25) is 0 Å². The molecule has 1 aromatic rings. The molecule has 1 rings (SSSR count). The van der Waals surface area contributed by atoms with Gasteiger partial charge in [-0.15, -0.1) is 4.33 Å². The van der Waals surface area contributed by atoms with Crippen LogP contribution in [0.3, 0.4) is 0 Å². The lowest BCUT2D eigenvalue weighted by atomic mass is 9.94. The molecule has 0 N–H and O–H groups in total. The second-order valence-corrected chi connectivity index (χ2v) is 7.17. The third-order valence-electron chi connectivity index (χ3n) is 3.52. The van der Waals surface area contributed by atoms with Crippen LogP contribution in [0, 0.1) is 0 Å². The zero-order chi connectivity index (χ0) is 20.3. The van der Waals surface area contributed by atoms with Crippen molar-refractivity contribution in [2.75, 3.05) is 0 Å². The molecule has 1 aromatic carbocycles. The quantitative estimate of drug-likeness (QED) is 0.150. The molecule has 0 aromatic heterocycles. The van der Waals surface area contributed by atoms with E-state index in [4.69, 9.17) is 4.89 Å². The van der Waals surface area contributed by atoms with Crippen LogP contribution in [0.1, 0.15) is 57.6 Å². The molecule has 0 heterocycles. The summed E-state index contributed by atoms with van der Waals surface area (Å²) >= 11 is -1.25. The summed E-state index contributed by atoms with van der Waals surface area (Å²) in [7, 11) is 0. The SMILES string of the molecule is CC(C)c1cccc(C(C)C)c1OOOSC(F)(F)C(F)(F)C(C)(F)F. The van der Waals surface area contributed by atoms with E-state index in [1.807, 2.05) is 27.7 Å². The lowest BCUT2D eigenvalue weighted by Crippen LogP contribution is -2.50. The average Bonchev–Trinajstić information content (AvgIpc) is 2.49. The van der Waals surface area contributed by atoms with Crippen molar-refractivity contribution in [3.05, 3.63) is 29.3 Å². The van der Waals surface area contributed by atoms with Gasteiger partial charge in [-0.25, -0.2) is 0 Å². The number of para-hydroxylation sites is 1. The average molecular weight is 406 g/mol. The van der Waals surface area contributed by atoms with E-state index in [2.05, 4.69) is 9.37 Å². The van der Waals surface area contributed by atoms with Crippen molar-refractivity contribution >= 4 is 12.0 Å². The van der Waals surface area contributed by atoms with E-state index in [1.54, 1.807) is 18.2 Å². The molecular formula is C16H20F6O3S. The highest BCUT2D eigenvalue weighted by Crippen LogP contribution is 2.51. The summed E-state index contributed by atoms with van der Waals surface area (Å²) in [4.78, 5) is 4.88. The van der Waals surface area contributed by atoms with Gasteiger partial charge in [0.15, 0.2) is 5.75 Å². The molecule has 0 unspecified atom stereocenters. The molecule has 0 fully saturated rings. The first-order chi connectivity index (χ1) is 11.7. The summed E-state index contributed by atoms with van der Waals surface area (Å²) < 4.78 is 82.1. The molecular weight excluding hydrogens is 386 g/mol. The first-order valence-electron chi connectivity index (χ1n) is 7.67. The smallest absolute Gasteiger partial charge is 0.307 e. The highest BCUT2D eigenvalue weighted by atomic mass is 32.2. The molecule has 0 aliphatic carbocycles. The van der Waals surface area contributed by atoms with Crippen molar-refractivity contribution in [2.24, 2.45) is 0 Å². The highest BCUT2D eigenvalue weighted by molar-refractivity contribution is 7.95. The molecule has 0 aliphatic rings. The van der Waals surface area contributed by atoms with Crippen LogP contribution in [0.15, 0.2) is 18.2 Å². The van der Waals surface area contributed by atoms with Crippen LogP contribution in [-0.4, -0.2) is 17.1 Å². The van der Waals surface area contributed by atoms with Gasteiger partial charge in [-0.1, -0.05) is 45.9 Å². The van der Waals surface area contributed by atoms with Crippen LogP contribution in [0.2, 0.25) is 0 Å². The first-order valence-corrected chi connectivity index (χ1v) is 8.41. The van der Waals surface area contributed by atoms with Crippen molar-refractivity contribution < 1.29 is 40.6 Å². The predicted octanol–water partition coefficient (Wildman–Crippen LogP) is 6.71. The van der Waals surface area contributed by atoms with E-state index < -0.39 is 29.1 Å². The second-order valence-electron chi connectivity index (χ2n) is 6.36. The van der Waals surface area contributed by atoms with Crippen molar-refractivity contribution in [1.82, 2.24) is 0 Å². The molecule has 0 saturated heterocycles. The molecule has 0 amide bonds. The summed E-state index contributed by atoms with van der Waals surface area (Å²) in [6.07, 6.45) is 0. The lowest BCUT2D eigenvalue weighted by Gasteiger charge is -2.28. The van der Waals surface area contributed by atoms with Gasteiger partial charge in [-0.2, -0.15) is 26.3 Å². The van der Waals surface area contributed by atoms with Crippen LogP contribution >= 0.6 is 12.0 Å². The number of hydrogen-bond acceptors (Lipinski definition) is 4. The Morgan fingerprint density at radius 2 is 1.35 bits per heavy atom. The molecule has 0 radical (unpaired) electrons. The number of hydrogen-bond donors (Lipinski definition) is 0. The Bertz CT molecular complexity index is 576. The van der Waals surface area contributed by atoms with Gasteiger partial charge in [0.05, 0.1) is 0 Å². The van der Waals surface area contributed by atoms with Crippen LogP contribution in [0.5, 0.6) is 5.75 Å². The van der Waals surface area contributed by atoms with Crippen LogP contribution < -0.4 is 4.89 Å². The predicted molar refractivity (Wildman–Crippen MR) is 85.5 cm³/mol. The molecule has 0 atom stereocenters. The first kappa shape index (κ1) is 22.9. The Labute approximate surface area is 152 Å².